The lowest BCUT2D eigenvalue weighted by Crippen LogP contribution is -2.48. The molecule has 8 nitrogen and oxygen atoms in total. The Morgan fingerprint density at radius 2 is 1.82 bits per heavy atom. The molecule has 0 bridgehead atoms. The highest BCUT2D eigenvalue weighted by Gasteiger charge is 2.26. The normalized spacial score (nSPS) is 16.5. The summed E-state index contributed by atoms with van der Waals surface area (Å²) in [5.74, 6) is 2.14. The second kappa shape index (κ2) is 9.41. The summed E-state index contributed by atoms with van der Waals surface area (Å²) in [6.45, 7) is 6.32. The molecule has 172 valence electrons. The third-order valence-corrected chi connectivity index (χ3v) is 6.13. The summed E-state index contributed by atoms with van der Waals surface area (Å²) in [5.41, 5.74) is 2.63. The van der Waals surface area contributed by atoms with Crippen LogP contribution in [-0.4, -0.2) is 65.2 Å². The lowest BCUT2D eigenvalue weighted by Gasteiger charge is -2.34. The van der Waals surface area contributed by atoms with Gasteiger partial charge in [-0.3, -0.25) is 9.69 Å². The quantitative estimate of drug-likeness (QED) is 0.575. The molecule has 9 heteroatoms. The summed E-state index contributed by atoms with van der Waals surface area (Å²) in [6, 6.07) is 11.4. The van der Waals surface area contributed by atoms with E-state index in [4.69, 9.17) is 25.6 Å². The Kier molecular flexibility index (Phi) is 6.20. The molecule has 3 aromatic rings. The molecule has 3 heterocycles. The number of hydrogen-bond donors (Lipinski definition) is 0. The highest BCUT2D eigenvalue weighted by molar-refractivity contribution is 6.32. The molecule has 1 saturated heterocycles. The molecule has 2 aliphatic rings. The van der Waals surface area contributed by atoms with Crippen molar-refractivity contribution in [3.05, 3.63) is 58.4 Å². The van der Waals surface area contributed by atoms with Gasteiger partial charge in [0.25, 0.3) is 5.91 Å². The molecule has 0 atom stereocenters. The molecular weight excluding hydrogens is 444 g/mol. The van der Waals surface area contributed by atoms with Gasteiger partial charge in [0, 0.05) is 43.7 Å². The lowest BCUT2D eigenvalue weighted by atomic mass is 10.1. The van der Waals surface area contributed by atoms with Crippen molar-refractivity contribution in [3.8, 4) is 22.9 Å². The molecule has 33 heavy (non-hydrogen) atoms. The van der Waals surface area contributed by atoms with E-state index in [0.717, 1.165) is 12.0 Å². The van der Waals surface area contributed by atoms with Crippen LogP contribution in [0.2, 0.25) is 5.02 Å². The number of halogens is 1. The van der Waals surface area contributed by atoms with Crippen LogP contribution in [0, 0.1) is 6.92 Å². The molecular formula is C24H25ClN4O4. The summed E-state index contributed by atoms with van der Waals surface area (Å²) in [5, 5.41) is 4.50. The molecule has 1 amide bonds. The number of piperazine rings is 1. The van der Waals surface area contributed by atoms with E-state index in [0.29, 0.717) is 79.7 Å². The number of nitrogens with zero attached hydrogens (tertiary/aromatic N) is 4. The lowest BCUT2D eigenvalue weighted by molar-refractivity contribution is 0.0614. The first kappa shape index (κ1) is 21.7. The molecule has 2 aliphatic heterocycles. The maximum atomic E-state index is 13.1. The fourth-order valence-corrected chi connectivity index (χ4v) is 4.24. The van der Waals surface area contributed by atoms with Crippen LogP contribution in [-0.2, 0) is 6.54 Å². The van der Waals surface area contributed by atoms with Crippen molar-refractivity contribution in [1.29, 1.82) is 0 Å². The van der Waals surface area contributed by atoms with Gasteiger partial charge in [0.2, 0.25) is 11.7 Å². The summed E-state index contributed by atoms with van der Waals surface area (Å²) in [6.07, 6.45) is 0.781. The summed E-state index contributed by atoms with van der Waals surface area (Å²) in [7, 11) is 0. The number of rotatable bonds is 4. The molecule has 0 saturated carbocycles. The van der Waals surface area contributed by atoms with Gasteiger partial charge in [0.1, 0.15) is 0 Å². The number of aryl methyl sites for hydroxylation is 1. The first-order valence-electron chi connectivity index (χ1n) is 11.1. The number of amides is 1. The van der Waals surface area contributed by atoms with Gasteiger partial charge < -0.3 is 18.9 Å². The monoisotopic (exact) mass is 468 g/mol. The van der Waals surface area contributed by atoms with Gasteiger partial charge in [-0.05, 0) is 19.1 Å². The highest BCUT2D eigenvalue weighted by atomic mass is 35.5. The first-order chi connectivity index (χ1) is 16.1. The topological polar surface area (TPSA) is 80.9 Å². The maximum Gasteiger partial charge on any atom is 0.254 e. The van der Waals surface area contributed by atoms with Gasteiger partial charge in [-0.15, -0.1) is 0 Å². The Balaban J connectivity index is 1.19. The fourth-order valence-electron chi connectivity index (χ4n) is 3.98. The number of fused-ring (bicyclic) bond motifs is 1. The van der Waals surface area contributed by atoms with Crippen LogP contribution >= 0.6 is 11.6 Å². The van der Waals surface area contributed by atoms with Gasteiger partial charge in [0.15, 0.2) is 11.5 Å². The Bertz CT molecular complexity index is 1140. The molecule has 0 spiro atoms. The zero-order chi connectivity index (χ0) is 22.8. The van der Waals surface area contributed by atoms with Crippen molar-refractivity contribution >= 4 is 17.5 Å². The molecule has 0 aliphatic carbocycles. The Morgan fingerprint density at radius 1 is 1.06 bits per heavy atom. The van der Waals surface area contributed by atoms with E-state index < -0.39 is 0 Å². The van der Waals surface area contributed by atoms with Crippen LogP contribution in [0.25, 0.3) is 11.4 Å². The molecule has 2 aromatic carbocycles. The molecule has 1 aromatic heterocycles. The summed E-state index contributed by atoms with van der Waals surface area (Å²) < 4.78 is 16.8. The smallest absolute Gasteiger partial charge is 0.254 e. The van der Waals surface area contributed by atoms with Crippen LogP contribution in [0.3, 0.4) is 0 Å². The van der Waals surface area contributed by atoms with E-state index >= 15 is 0 Å². The van der Waals surface area contributed by atoms with Crippen LogP contribution < -0.4 is 9.47 Å². The minimum atomic E-state index is -0.0633. The number of carbonyl (C=O) groups is 1. The van der Waals surface area contributed by atoms with Crippen molar-refractivity contribution in [3.63, 3.8) is 0 Å². The number of ether oxygens (including phenoxy) is 2. The third kappa shape index (κ3) is 4.82. The second-order valence-corrected chi connectivity index (χ2v) is 8.69. The fraction of sp³-hybridized carbons (Fsp3) is 0.375. The maximum absolute atomic E-state index is 13.1. The number of aromatic nitrogens is 2. The molecule has 1 fully saturated rings. The second-order valence-electron chi connectivity index (χ2n) is 8.28. The Morgan fingerprint density at radius 3 is 2.61 bits per heavy atom. The molecule has 5 rings (SSSR count). The van der Waals surface area contributed by atoms with Gasteiger partial charge >= 0.3 is 0 Å². The van der Waals surface area contributed by atoms with Gasteiger partial charge in [-0.25, -0.2) is 0 Å². The van der Waals surface area contributed by atoms with E-state index in [2.05, 4.69) is 15.0 Å². The third-order valence-electron chi connectivity index (χ3n) is 5.85. The average Bonchev–Trinajstić information content (AvgIpc) is 3.15. The van der Waals surface area contributed by atoms with Crippen molar-refractivity contribution in [2.24, 2.45) is 0 Å². The summed E-state index contributed by atoms with van der Waals surface area (Å²) >= 11 is 6.36. The van der Waals surface area contributed by atoms with Gasteiger partial charge in [-0.2, -0.15) is 4.98 Å². The largest absolute Gasteiger partial charge is 0.489 e. The van der Waals surface area contributed by atoms with E-state index in [1.54, 1.807) is 12.1 Å². The average molecular weight is 469 g/mol. The van der Waals surface area contributed by atoms with E-state index in [-0.39, 0.29) is 5.91 Å². The van der Waals surface area contributed by atoms with Crippen molar-refractivity contribution < 1.29 is 18.8 Å². The van der Waals surface area contributed by atoms with Gasteiger partial charge in [0.05, 0.1) is 24.8 Å². The van der Waals surface area contributed by atoms with Crippen molar-refractivity contribution in [2.75, 3.05) is 39.4 Å². The minimum absolute atomic E-state index is 0.0633. The van der Waals surface area contributed by atoms with Crippen LogP contribution in [0.5, 0.6) is 11.5 Å². The first-order valence-corrected chi connectivity index (χ1v) is 11.4. The van der Waals surface area contributed by atoms with Crippen LogP contribution in [0.1, 0.15) is 28.2 Å². The number of hydrogen-bond acceptors (Lipinski definition) is 7. The van der Waals surface area contributed by atoms with Gasteiger partial charge in [-0.1, -0.05) is 46.6 Å². The number of benzene rings is 2. The Hall–Kier alpha value is -3.10. The SMILES string of the molecule is Cc1ccc(-c2noc(CN3CCN(C(=O)c4cc(Cl)c5c(c4)OCCCO5)CC3)n2)cc1. The minimum Gasteiger partial charge on any atom is -0.489 e. The zero-order valence-corrected chi connectivity index (χ0v) is 19.2. The predicted octanol–water partition coefficient (Wildman–Crippen LogP) is 3.82. The van der Waals surface area contributed by atoms with Crippen molar-refractivity contribution in [1.82, 2.24) is 19.9 Å². The van der Waals surface area contributed by atoms with E-state index in [9.17, 15) is 4.79 Å². The highest BCUT2D eigenvalue weighted by Crippen LogP contribution is 2.38. The summed E-state index contributed by atoms with van der Waals surface area (Å²) in [4.78, 5) is 21.6. The predicted molar refractivity (Wildman–Crippen MR) is 123 cm³/mol. The standard InChI is InChI=1S/C24H25ClN4O4/c1-16-3-5-17(6-4-16)23-26-21(33-27-23)15-28-7-9-29(10-8-28)24(30)18-13-19(25)22-20(14-18)31-11-2-12-32-22/h3-6,13-14H,2,7-12,15H2,1H3. The van der Waals surface area contributed by atoms with Crippen LogP contribution in [0.4, 0.5) is 0 Å². The zero-order valence-electron chi connectivity index (χ0n) is 18.4. The number of carbonyl (C=O) groups excluding carboxylic acids is 1. The molecule has 0 radical (unpaired) electrons. The van der Waals surface area contributed by atoms with Crippen molar-refractivity contribution in [2.45, 2.75) is 19.9 Å². The molecule has 0 unspecified atom stereocenters. The van der Waals surface area contributed by atoms with Crippen LogP contribution in [0.15, 0.2) is 40.9 Å². The Labute approximate surface area is 197 Å². The van der Waals surface area contributed by atoms with E-state index in [1.165, 1.54) is 5.56 Å². The van der Waals surface area contributed by atoms with E-state index in [1.807, 2.05) is 36.1 Å². The molecule has 0 N–H and O–H groups in total.